The van der Waals surface area contributed by atoms with Crippen molar-refractivity contribution < 1.29 is 23.7 Å². The second-order valence-corrected chi connectivity index (χ2v) is 6.14. The van der Waals surface area contributed by atoms with Crippen molar-refractivity contribution in [2.24, 2.45) is 0 Å². The number of methoxy groups -OCH3 is 3. The molecule has 0 amide bonds. The highest BCUT2D eigenvalue weighted by Crippen LogP contribution is 2.33. The van der Waals surface area contributed by atoms with E-state index in [0.717, 1.165) is 16.9 Å². The highest BCUT2D eigenvalue weighted by Gasteiger charge is 2.12. The number of esters is 1. The van der Waals surface area contributed by atoms with Crippen molar-refractivity contribution in [2.45, 2.75) is 0 Å². The lowest BCUT2D eigenvalue weighted by Crippen LogP contribution is -2.02. The van der Waals surface area contributed by atoms with Crippen LogP contribution in [0.5, 0.6) is 23.0 Å². The molecule has 3 aromatic rings. The van der Waals surface area contributed by atoms with Crippen LogP contribution in [0.4, 0.5) is 0 Å². The zero-order valence-corrected chi connectivity index (χ0v) is 16.5. The van der Waals surface area contributed by atoms with Gasteiger partial charge in [0.05, 0.1) is 26.9 Å². The first kappa shape index (κ1) is 20.0. The predicted octanol–water partition coefficient (Wildman–Crippen LogP) is 5.45. The molecular weight excluding hydrogens is 368 g/mol. The van der Waals surface area contributed by atoms with Gasteiger partial charge in [-0.05, 0) is 53.6 Å². The van der Waals surface area contributed by atoms with Gasteiger partial charge in [0.1, 0.15) is 11.5 Å². The molecule has 0 N–H and O–H groups in total. The van der Waals surface area contributed by atoms with Gasteiger partial charge in [-0.2, -0.15) is 0 Å². The summed E-state index contributed by atoms with van der Waals surface area (Å²) in [5, 5.41) is 0. The van der Waals surface area contributed by atoms with Gasteiger partial charge < -0.3 is 18.9 Å². The van der Waals surface area contributed by atoms with Crippen LogP contribution in [-0.2, 0) is 4.74 Å². The fourth-order valence-corrected chi connectivity index (χ4v) is 2.71. The van der Waals surface area contributed by atoms with E-state index in [4.69, 9.17) is 18.9 Å². The van der Waals surface area contributed by atoms with Gasteiger partial charge in [-0.25, -0.2) is 4.79 Å². The lowest BCUT2D eigenvalue weighted by molar-refractivity contribution is 0.0600. The van der Waals surface area contributed by atoms with E-state index >= 15 is 0 Å². The van der Waals surface area contributed by atoms with Crippen molar-refractivity contribution >= 4 is 18.1 Å². The Morgan fingerprint density at radius 1 is 0.724 bits per heavy atom. The fraction of sp³-hybridized carbons (Fsp3) is 0.125. The van der Waals surface area contributed by atoms with E-state index in [-0.39, 0.29) is 0 Å². The molecule has 3 rings (SSSR count). The number of hydrogen-bond acceptors (Lipinski definition) is 5. The summed E-state index contributed by atoms with van der Waals surface area (Å²) in [4.78, 5) is 11.8. The van der Waals surface area contributed by atoms with Crippen LogP contribution in [0.3, 0.4) is 0 Å². The van der Waals surface area contributed by atoms with E-state index in [0.29, 0.717) is 22.8 Å². The third-order valence-corrected chi connectivity index (χ3v) is 4.25. The van der Waals surface area contributed by atoms with E-state index in [1.54, 1.807) is 32.4 Å². The first-order valence-corrected chi connectivity index (χ1v) is 8.99. The third kappa shape index (κ3) is 5.17. The smallest absolute Gasteiger partial charge is 0.337 e. The molecule has 0 spiro atoms. The summed E-state index contributed by atoms with van der Waals surface area (Å²) in [6.07, 6.45) is 4.03. The quantitative estimate of drug-likeness (QED) is 0.396. The zero-order chi connectivity index (χ0) is 20.6. The second kappa shape index (κ2) is 9.46. The summed E-state index contributed by atoms with van der Waals surface area (Å²) in [6.45, 7) is 0. The number of benzene rings is 3. The molecule has 148 valence electrons. The van der Waals surface area contributed by atoms with Crippen LogP contribution < -0.4 is 14.2 Å². The van der Waals surface area contributed by atoms with Gasteiger partial charge >= 0.3 is 5.97 Å². The molecule has 0 radical (unpaired) electrons. The van der Waals surface area contributed by atoms with Crippen molar-refractivity contribution in [1.82, 2.24) is 0 Å². The average molecular weight is 390 g/mol. The molecular formula is C24H22O5. The van der Waals surface area contributed by atoms with Crippen LogP contribution in [0.1, 0.15) is 21.5 Å². The fourth-order valence-electron chi connectivity index (χ4n) is 2.71. The van der Waals surface area contributed by atoms with Gasteiger partial charge in [-0.3, -0.25) is 0 Å². The van der Waals surface area contributed by atoms with Crippen LogP contribution in [0, 0.1) is 0 Å². The largest absolute Gasteiger partial charge is 0.497 e. The molecule has 5 heteroatoms. The maximum atomic E-state index is 11.8. The summed E-state index contributed by atoms with van der Waals surface area (Å²) < 4.78 is 21.2. The molecule has 0 saturated carbocycles. The molecule has 3 aromatic carbocycles. The van der Waals surface area contributed by atoms with Gasteiger partial charge in [-0.1, -0.05) is 36.4 Å². The Morgan fingerprint density at radius 2 is 1.48 bits per heavy atom. The first-order valence-electron chi connectivity index (χ1n) is 8.99. The number of rotatable bonds is 7. The normalized spacial score (nSPS) is 10.6. The van der Waals surface area contributed by atoms with Crippen molar-refractivity contribution in [3.63, 3.8) is 0 Å². The minimum absolute atomic E-state index is 0.390. The molecule has 0 unspecified atom stereocenters. The topological polar surface area (TPSA) is 54.0 Å². The molecule has 0 aliphatic heterocycles. The van der Waals surface area contributed by atoms with Crippen molar-refractivity contribution in [3.05, 3.63) is 83.4 Å². The molecule has 0 aliphatic rings. The molecule has 0 aromatic heterocycles. The Kier molecular flexibility index (Phi) is 6.53. The minimum Gasteiger partial charge on any atom is -0.497 e. The minimum atomic E-state index is -0.435. The van der Waals surface area contributed by atoms with E-state index in [1.165, 1.54) is 7.11 Å². The van der Waals surface area contributed by atoms with Crippen LogP contribution in [0.15, 0.2) is 66.7 Å². The molecule has 0 fully saturated rings. The van der Waals surface area contributed by atoms with Gasteiger partial charge in [-0.15, -0.1) is 0 Å². The number of carbonyl (C=O) groups is 1. The highest BCUT2D eigenvalue weighted by atomic mass is 16.5. The molecule has 0 bridgehead atoms. The Labute approximate surface area is 170 Å². The lowest BCUT2D eigenvalue weighted by Gasteiger charge is -2.11. The van der Waals surface area contributed by atoms with Gasteiger partial charge in [0.15, 0.2) is 11.5 Å². The maximum absolute atomic E-state index is 11.8. The molecule has 0 aliphatic carbocycles. The lowest BCUT2D eigenvalue weighted by atomic mass is 10.1. The Morgan fingerprint density at radius 3 is 2.17 bits per heavy atom. The van der Waals surface area contributed by atoms with Crippen LogP contribution in [-0.4, -0.2) is 27.3 Å². The zero-order valence-electron chi connectivity index (χ0n) is 16.5. The maximum Gasteiger partial charge on any atom is 0.337 e. The first-order chi connectivity index (χ1) is 14.1. The predicted molar refractivity (Wildman–Crippen MR) is 113 cm³/mol. The van der Waals surface area contributed by atoms with E-state index in [1.807, 2.05) is 60.7 Å². The standard InChI is InChI=1S/C24H22O5/c1-26-21-6-4-5-18(15-21)8-7-17-9-12-20(13-10-17)29-23-16-19(24(25)28-3)11-14-22(23)27-2/h4-16H,1-3H3/b8-7-. The number of carbonyl (C=O) groups excluding carboxylic acids is 1. The number of hydrogen-bond donors (Lipinski definition) is 0. The summed E-state index contributed by atoms with van der Waals surface area (Å²) in [6, 6.07) is 20.3. The Balaban J connectivity index is 1.75. The van der Waals surface area contributed by atoms with Crippen molar-refractivity contribution in [3.8, 4) is 23.0 Å². The number of ether oxygens (including phenoxy) is 4. The highest BCUT2D eigenvalue weighted by molar-refractivity contribution is 5.90. The SMILES string of the molecule is COC(=O)c1ccc(OC)c(Oc2ccc(/C=C\c3cccc(OC)c3)cc2)c1. The van der Waals surface area contributed by atoms with Gasteiger partial charge in [0.25, 0.3) is 0 Å². The molecule has 0 saturated heterocycles. The van der Waals surface area contributed by atoms with Gasteiger partial charge in [0.2, 0.25) is 0 Å². The van der Waals surface area contributed by atoms with Crippen LogP contribution >= 0.6 is 0 Å². The van der Waals surface area contributed by atoms with Crippen LogP contribution in [0.2, 0.25) is 0 Å². The summed E-state index contributed by atoms with van der Waals surface area (Å²) in [7, 11) is 4.54. The monoisotopic (exact) mass is 390 g/mol. The van der Waals surface area contributed by atoms with Crippen molar-refractivity contribution in [2.75, 3.05) is 21.3 Å². The Bertz CT molecular complexity index is 1010. The third-order valence-electron chi connectivity index (χ3n) is 4.25. The van der Waals surface area contributed by atoms with E-state index in [9.17, 15) is 4.79 Å². The van der Waals surface area contributed by atoms with E-state index in [2.05, 4.69) is 0 Å². The molecule has 29 heavy (non-hydrogen) atoms. The van der Waals surface area contributed by atoms with Crippen molar-refractivity contribution in [1.29, 1.82) is 0 Å². The molecule has 0 heterocycles. The molecule has 0 atom stereocenters. The van der Waals surface area contributed by atoms with E-state index < -0.39 is 5.97 Å². The average Bonchev–Trinajstić information content (AvgIpc) is 2.78. The van der Waals surface area contributed by atoms with Gasteiger partial charge in [0, 0.05) is 0 Å². The second-order valence-electron chi connectivity index (χ2n) is 6.14. The Hall–Kier alpha value is -3.73. The summed E-state index contributed by atoms with van der Waals surface area (Å²) in [5.74, 6) is 1.98. The summed E-state index contributed by atoms with van der Waals surface area (Å²) in [5.41, 5.74) is 2.46. The molecule has 5 nitrogen and oxygen atoms in total. The summed E-state index contributed by atoms with van der Waals surface area (Å²) >= 11 is 0. The van der Waals surface area contributed by atoms with Crippen LogP contribution in [0.25, 0.3) is 12.2 Å².